The molecule has 0 atom stereocenters. The lowest BCUT2D eigenvalue weighted by molar-refractivity contribution is 1.50. The van der Waals surface area contributed by atoms with Gasteiger partial charge in [-0.1, -0.05) is 88.9 Å². The van der Waals surface area contributed by atoms with Crippen molar-refractivity contribution < 1.29 is 0 Å². The molecule has 2 aromatic rings. The van der Waals surface area contributed by atoms with Crippen molar-refractivity contribution in [3.05, 3.63) is 68.5 Å². The molecule has 0 bridgehead atoms. The minimum atomic E-state index is 0.700. The summed E-state index contributed by atoms with van der Waals surface area (Å²) >= 11 is 9.85. The summed E-state index contributed by atoms with van der Waals surface area (Å²) in [5, 5.41) is 5.22. The minimum absolute atomic E-state index is 0.700. The van der Waals surface area contributed by atoms with Gasteiger partial charge >= 0.3 is 0 Å². The molecule has 0 saturated heterocycles. The van der Waals surface area contributed by atoms with Gasteiger partial charge in [0.05, 0.1) is 5.02 Å². The van der Waals surface area contributed by atoms with E-state index in [1.165, 1.54) is 0 Å². The molecule has 0 radical (unpaired) electrons. The highest BCUT2D eigenvalue weighted by molar-refractivity contribution is 9.10. The molecule has 0 N–H and O–H groups in total. The van der Waals surface area contributed by atoms with E-state index in [0.717, 1.165) is 36.8 Å². The Morgan fingerprint density at radius 3 is 2.00 bits per heavy atom. The highest BCUT2D eigenvalue weighted by Gasteiger charge is 2.10. The topological polar surface area (TPSA) is 0 Å². The van der Waals surface area contributed by atoms with Gasteiger partial charge in [-0.25, -0.2) is 0 Å². The average Bonchev–Trinajstić information content (AvgIpc) is 2.68. The highest BCUT2D eigenvalue weighted by Crippen LogP contribution is 2.30. The number of allylic oxidation sites excluding steroid dienone is 2. The van der Waals surface area contributed by atoms with E-state index in [4.69, 9.17) is 11.6 Å². The summed E-state index contributed by atoms with van der Waals surface area (Å²) in [4.78, 5) is 0. The number of hydrogen-bond acceptors (Lipinski definition) is 0. The lowest BCUT2D eigenvalue weighted by Crippen LogP contribution is -2.29. The number of rotatable bonds is 3. The van der Waals surface area contributed by atoms with Crippen LogP contribution < -0.4 is 10.4 Å². The summed E-state index contributed by atoms with van der Waals surface area (Å²) in [5.41, 5.74) is 2.27. The van der Waals surface area contributed by atoms with Gasteiger partial charge in [-0.2, -0.15) is 0 Å². The third-order valence-corrected chi connectivity index (χ3v) is 4.82. The Morgan fingerprint density at radius 2 is 1.54 bits per heavy atom. The Labute approximate surface area is 172 Å². The minimum Gasteiger partial charge on any atom is -0.0990 e. The fraction of sp³-hybridized carbons (Fsp3) is 0.250. The van der Waals surface area contributed by atoms with Crippen molar-refractivity contribution in [2.45, 2.75) is 41.5 Å². The van der Waals surface area contributed by atoms with Crippen molar-refractivity contribution in [2.75, 3.05) is 0 Å². The van der Waals surface area contributed by atoms with Crippen LogP contribution in [0.4, 0.5) is 0 Å². The quantitative estimate of drug-likeness (QED) is 0.464. The lowest BCUT2D eigenvalue weighted by atomic mass is 9.93. The number of fused-ring (bicyclic) bond motifs is 1. The van der Waals surface area contributed by atoms with Crippen molar-refractivity contribution >= 4 is 62.6 Å². The standard InChI is InChI=1S/C20H18BrCl.2C2H6/c1-5-9-15-13(7-3)14(8-4)16(10-6-2)18-12-20(22)19(21)11-17(15)18;2*1-2/h5-12H,2-3H2,1,4H3;2*1-2H3/b9-5-,14-8-,16-10+;;. The maximum absolute atomic E-state index is 6.32. The van der Waals surface area contributed by atoms with Crippen LogP contribution in [0.25, 0.3) is 35.1 Å². The molecule has 2 heteroatoms. The third-order valence-electron chi connectivity index (χ3n) is 3.62. The first-order valence-electron chi connectivity index (χ1n) is 9.08. The predicted molar refractivity (Wildman–Crippen MR) is 128 cm³/mol. The molecule has 0 nitrogen and oxygen atoms in total. The van der Waals surface area contributed by atoms with Crippen LogP contribution in [0.15, 0.2) is 41.9 Å². The maximum Gasteiger partial charge on any atom is 0.0554 e. The first-order valence-corrected chi connectivity index (χ1v) is 10.2. The summed E-state index contributed by atoms with van der Waals surface area (Å²) in [7, 11) is 0. The van der Waals surface area contributed by atoms with Gasteiger partial charge in [0.25, 0.3) is 0 Å². The molecule has 0 aromatic heterocycles. The van der Waals surface area contributed by atoms with Gasteiger partial charge in [0, 0.05) is 4.47 Å². The predicted octanol–water partition coefficient (Wildman–Crippen LogP) is 7.75. The second-order valence-corrected chi connectivity index (χ2v) is 6.12. The first kappa shape index (κ1) is 24.4. The van der Waals surface area contributed by atoms with Crippen LogP contribution in [0.3, 0.4) is 0 Å². The van der Waals surface area contributed by atoms with Crippen molar-refractivity contribution in [3.8, 4) is 0 Å². The fourth-order valence-corrected chi connectivity index (χ4v) is 3.25. The van der Waals surface area contributed by atoms with Crippen molar-refractivity contribution in [3.63, 3.8) is 0 Å². The molecular weight excluding hydrogens is 404 g/mol. The van der Waals surface area contributed by atoms with Gasteiger partial charge < -0.3 is 0 Å². The Morgan fingerprint density at radius 1 is 0.923 bits per heavy atom. The third kappa shape index (κ3) is 5.22. The molecule has 2 aromatic carbocycles. The van der Waals surface area contributed by atoms with Crippen LogP contribution in [0.2, 0.25) is 5.02 Å². The Balaban J connectivity index is 0.00000146. The summed E-state index contributed by atoms with van der Waals surface area (Å²) in [6, 6.07) is 4.07. The van der Waals surface area contributed by atoms with E-state index in [0.29, 0.717) is 5.02 Å². The van der Waals surface area contributed by atoms with E-state index in [1.807, 2.05) is 65.8 Å². The van der Waals surface area contributed by atoms with Gasteiger partial charge in [0.1, 0.15) is 0 Å². The van der Waals surface area contributed by atoms with E-state index < -0.39 is 0 Å². The normalized spacial score (nSPS) is 11.7. The summed E-state index contributed by atoms with van der Waals surface area (Å²) in [5.74, 6) is 0. The van der Waals surface area contributed by atoms with E-state index in [2.05, 4.69) is 47.3 Å². The average molecular weight is 434 g/mol. The van der Waals surface area contributed by atoms with E-state index in [9.17, 15) is 0 Å². The number of benzene rings is 2. The largest absolute Gasteiger partial charge is 0.0990 e. The molecule has 0 unspecified atom stereocenters. The number of hydrogen-bond donors (Lipinski definition) is 0. The smallest absolute Gasteiger partial charge is 0.0554 e. The van der Waals surface area contributed by atoms with Crippen molar-refractivity contribution in [1.82, 2.24) is 0 Å². The van der Waals surface area contributed by atoms with Gasteiger partial charge in [-0.3, -0.25) is 0 Å². The Kier molecular flexibility index (Phi) is 12.0. The Bertz CT molecular complexity index is 902. The van der Waals surface area contributed by atoms with Crippen molar-refractivity contribution in [1.29, 1.82) is 0 Å². The summed E-state index contributed by atoms with van der Waals surface area (Å²) in [6.07, 6.45) is 12.0. The van der Waals surface area contributed by atoms with Gasteiger partial charge in [0.15, 0.2) is 0 Å². The molecule has 0 amide bonds. The van der Waals surface area contributed by atoms with Gasteiger partial charge in [-0.05, 0) is 74.2 Å². The zero-order valence-corrected chi connectivity index (χ0v) is 19.1. The molecular formula is C24H30BrCl. The van der Waals surface area contributed by atoms with Crippen LogP contribution in [0.1, 0.15) is 52.7 Å². The molecule has 0 saturated carbocycles. The molecule has 2 rings (SSSR count). The molecule has 0 heterocycles. The van der Waals surface area contributed by atoms with Crippen LogP contribution in [-0.2, 0) is 0 Å². The zero-order valence-electron chi connectivity index (χ0n) is 16.8. The van der Waals surface area contributed by atoms with E-state index in [1.54, 1.807) is 6.08 Å². The maximum atomic E-state index is 6.32. The lowest BCUT2D eigenvalue weighted by Gasteiger charge is -2.12. The van der Waals surface area contributed by atoms with Crippen LogP contribution >= 0.6 is 27.5 Å². The number of halogens is 2. The summed E-state index contributed by atoms with van der Waals surface area (Å²) < 4.78 is 0.889. The molecule has 0 aliphatic rings. The SMILES string of the molecule is C=C/C=c1\c(=C/C)c(C=C)c(/C=C\C)c2cc(Br)c(Cl)cc12.CC.CC. The molecule has 0 fully saturated rings. The monoisotopic (exact) mass is 432 g/mol. The second-order valence-electron chi connectivity index (χ2n) is 4.86. The highest BCUT2D eigenvalue weighted by atomic mass is 79.9. The van der Waals surface area contributed by atoms with Gasteiger partial charge in [-0.15, -0.1) is 0 Å². The Hall–Kier alpha value is -1.57. The van der Waals surface area contributed by atoms with Crippen LogP contribution in [0.5, 0.6) is 0 Å². The molecule has 26 heavy (non-hydrogen) atoms. The molecule has 0 aliphatic carbocycles. The summed E-state index contributed by atoms with van der Waals surface area (Å²) in [6.45, 7) is 19.9. The van der Waals surface area contributed by atoms with E-state index >= 15 is 0 Å². The molecule has 0 spiro atoms. The van der Waals surface area contributed by atoms with E-state index in [-0.39, 0.29) is 0 Å². The van der Waals surface area contributed by atoms with Crippen LogP contribution in [0, 0.1) is 0 Å². The zero-order chi connectivity index (χ0) is 20.3. The van der Waals surface area contributed by atoms with Gasteiger partial charge in [0.2, 0.25) is 0 Å². The molecule has 140 valence electrons. The second kappa shape index (κ2) is 12.7. The fourth-order valence-electron chi connectivity index (χ4n) is 2.75. The molecule has 0 aliphatic heterocycles. The van der Waals surface area contributed by atoms with Crippen molar-refractivity contribution in [2.24, 2.45) is 0 Å². The van der Waals surface area contributed by atoms with Crippen LogP contribution in [-0.4, -0.2) is 0 Å². The first-order chi connectivity index (χ1) is 12.6.